The van der Waals surface area contributed by atoms with E-state index >= 15 is 0 Å². The fourth-order valence-corrected chi connectivity index (χ4v) is 3.89. The molecule has 1 aliphatic rings. The minimum absolute atomic E-state index is 0.0330. The van der Waals surface area contributed by atoms with Crippen LogP contribution in [0.5, 0.6) is 5.88 Å². The topological polar surface area (TPSA) is 69.5 Å². The zero-order valence-electron chi connectivity index (χ0n) is 18.1. The summed E-state index contributed by atoms with van der Waals surface area (Å²) in [5.74, 6) is -0.0490. The third-order valence-electron chi connectivity index (χ3n) is 5.52. The Morgan fingerprint density at radius 3 is 2.33 bits per heavy atom. The highest BCUT2D eigenvalue weighted by Gasteiger charge is 2.37. The molecule has 6 nitrogen and oxygen atoms in total. The number of aromatic nitrogens is 1. The van der Waals surface area contributed by atoms with Crippen LogP contribution in [0.3, 0.4) is 0 Å². The van der Waals surface area contributed by atoms with Crippen LogP contribution < -0.4 is 14.5 Å². The quantitative estimate of drug-likeness (QED) is 0.536. The third kappa shape index (κ3) is 3.96. The van der Waals surface area contributed by atoms with Gasteiger partial charge in [-0.1, -0.05) is 0 Å². The van der Waals surface area contributed by atoms with Crippen molar-refractivity contribution in [3.63, 3.8) is 0 Å². The van der Waals surface area contributed by atoms with E-state index in [1.165, 1.54) is 18.1 Å². The van der Waals surface area contributed by atoms with Crippen molar-refractivity contribution in [2.45, 2.75) is 20.0 Å². The van der Waals surface area contributed by atoms with Crippen molar-refractivity contribution in [3.05, 3.63) is 76.5 Å². The molecule has 0 atom stereocenters. The summed E-state index contributed by atoms with van der Waals surface area (Å²) in [4.78, 5) is 20.8. The summed E-state index contributed by atoms with van der Waals surface area (Å²) in [6.45, 7) is 3.46. The van der Waals surface area contributed by atoms with Gasteiger partial charge in [0.25, 0.3) is 5.91 Å². The monoisotopic (exact) mass is 452 g/mol. The van der Waals surface area contributed by atoms with Crippen molar-refractivity contribution in [1.29, 1.82) is 5.26 Å². The summed E-state index contributed by atoms with van der Waals surface area (Å²) in [6, 6.07) is 13.4. The molecule has 0 radical (unpaired) electrons. The average molecular weight is 452 g/mol. The number of nitrogens with zero attached hydrogens (tertiary/aromatic N) is 4. The van der Waals surface area contributed by atoms with Crippen LogP contribution in [-0.2, 0) is 6.18 Å². The van der Waals surface area contributed by atoms with E-state index in [9.17, 15) is 23.2 Å². The standard InChI is InChI=1S/C24H19F3N4O2/c1-14-10-16(12-28)4-7-19(14)30-13-31(20-8-9-22(33-3)29-15(20)2)23(32)18-6-5-17(11-21(18)30)24(25,26)27/h4-11H,13H2,1-3H3. The van der Waals surface area contributed by atoms with Gasteiger partial charge in [0.1, 0.15) is 6.67 Å². The molecule has 1 aromatic heterocycles. The van der Waals surface area contributed by atoms with Crippen LogP contribution in [-0.4, -0.2) is 24.7 Å². The molecule has 3 aromatic rings. The molecule has 2 heterocycles. The number of aryl methyl sites for hydroxylation is 2. The Morgan fingerprint density at radius 2 is 1.73 bits per heavy atom. The molecule has 0 bridgehead atoms. The second-order valence-electron chi connectivity index (χ2n) is 7.60. The summed E-state index contributed by atoms with van der Waals surface area (Å²) in [6.07, 6.45) is -4.56. The van der Waals surface area contributed by atoms with Gasteiger partial charge >= 0.3 is 6.18 Å². The largest absolute Gasteiger partial charge is 0.481 e. The van der Waals surface area contributed by atoms with Gasteiger partial charge in [0.15, 0.2) is 0 Å². The number of fused-ring (bicyclic) bond motifs is 1. The second-order valence-corrected chi connectivity index (χ2v) is 7.60. The van der Waals surface area contributed by atoms with Crippen LogP contribution in [0.25, 0.3) is 0 Å². The number of amides is 1. The van der Waals surface area contributed by atoms with Gasteiger partial charge in [-0.15, -0.1) is 0 Å². The summed E-state index contributed by atoms with van der Waals surface area (Å²) >= 11 is 0. The van der Waals surface area contributed by atoms with Crippen molar-refractivity contribution in [1.82, 2.24) is 4.98 Å². The minimum atomic E-state index is -4.56. The van der Waals surface area contributed by atoms with E-state index in [1.807, 2.05) is 0 Å². The number of anilines is 3. The normalized spacial score (nSPS) is 13.5. The molecule has 1 amide bonds. The number of alkyl halides is 3. The maximum atomic E-state index is 13.5. The molecular weight excluding hydrogens is 433 g/mol. The third-order valence-corrected chi connectivity index (χ3v) is 5.52. The second kappa shape index (κ2) is 8.13. The molecule has 33 heavy (non-hydrogen) atoms. The Balaban J connectivity index is 1.90. The molecule has 1 aliphatic heterocycles. The van der Waals surface area contributed by atoms with Crippen LogP contribution in [0.4, 0.5) is 30.2 Å². The first-order valence-electron chi connectivity index (χ1n) is 9.97. The van der Waals surface area contributed by atoms with Crippen molar-refractivity contribution in [3.8, 4) is 11.9 Å². The Morgan fingerprint density at radius 1 is 1.00 bits per heavy atom. The number of benzene rings is 2. The van der Waals surface area contributed by atoms with Gasteiger partial charge in [-0.2, -0.15) is 18.4 Å². The number of ether oxygens (including phenoxy) is 1. The number of methoxy groups -OCH3 is 1. The van der Waals surface area contributed by atoms with Gasteiger partial charge in [0, 0.05) is 11.8 Å². The number of halogens is 3. The van der Waals surface area contributed by atoms with Crippen LogP contribution in [0.2, 0.25) is 0 Å². The molecular formula is C24H19F3N4O2. The van der Waals surface area contributed by atoms with Crippen molar-refractivity contribution >= 4 is 23.0 Å². The van der Waals surface area contributed by atoms with E-state index in [0.29, 0.717) is 34.1 Å². The van der Waals surface area contributed by atoms with Crippen LogP contribution >= 0.6 is 0 Å². The summed E-state index contributed by atoms with van der Waals surface area (Å²) < 4.78 is 45.5. The Bertz CT molecular complexity index is 1300. The van der Waals surface area contributed by atoms with E-state index in [-0.39, 0.29) is 17.9 Å². The van der Waals surface area contributed by atoms with Gasteiger partial charge in [0.05, 0.1) is 46.9 Å². The molecule has 9 heteroatoms. The maximum absolute atomic E-state index is 13.5. The average Bonchev–Trinajstić information content (AvgIpc) is 2.79. The lowest BCUT2D eigenvalue weighted by atomic mass is 10.0. The van der Waals surface area contributed by atoms with Gasteiger partial charge in [-0.25, -0.2) is 4.98 Å². The molecule has 2 aromatic carbocycles. The van der Waals surface area contributed by atoms with Crippen molar-refractivity contribution in [2.75, 3.05) is 23.6 Å². The van der Waals surface area contributed by atoms with Gasteiger partial charge < -0.3 is 9.64 Å². The van der Waals surface area contributed by atoms with E-state index in [4.69, 9.17) is 4.74 Å². The predicted octanol–water partition coefficient (Wildman–Crippen LogP) is 5.35. The van der Waals surface area contributed by atoms with Gasteiger partial charge in [-0.3, -0.25) is 9.69 Å². The first kappa shape index (κ1) is 22.1. The summed E-state index contributed by atoms with van der Waals surface area (Å²) in [7, 11) is 1.48. The highest BCUT2D eigenvalue weighted by molar-refractivity contribution is 6.13. The van der Waals surface area contributed by atoms with Crippen LogP contribution in [0.15, 0.2) is 48.5 Å². The first-order chi connectivity index (χ1) is 15.6. The molecule has 0 fully saturated rings. The SMILES string of the molecule is COc1ccc(N2CN(c3ccc(C#N)cc3C)c3cc(C(F)(F)F)ccc3C2=O)c(C)n1. The molecule has 0 N–H and O–H groups in total. The molecule has 0 saturated heterocycles. The predicted molar refractivity (Wildman–Crippen MR) is 117 cm³/mol. The summed E-state index contributed by atoms with van der Waals surface area (Å²) in [5.41, 5.74) is 2.20. The fraction of sp³-hybridized carbons (Fsp3) is 0.208. The molecule has 168 valence electrons. The number of pyridine rings is 1. The number of hydrogen-bond acceptors (Lipinski definition) is 5. The number of carbonyl (C=O) groups excluding carboxylic acids is 1. The lowest BCUT2D eigenvalue weighted by Gasteiger charge is -2.39. The minimum Gasteiger partial charge on any atom is -0.481 e. The van der Waals surface area contributed by atoms with Gasteiger partial charge in [0.2, 0.25) is 5.88 Å². The smallest absolute Gasteiger partial charge is 0.416 e. The van der Waals surface area contributed by atoms with E-state index in [0.717, 1.165) is 12.1 Å². The molecule has 4 rings (SSSR count). The molecule has 0 aliphatic carbocycles. The van der Waals surface area contributed by atoms with Crippen molar-refractivity contribution in [2.24, 2.45) is 0 Å². The Hall–Kier alpha value is -4.06. The van der Waals surface area contributed by atoms with Gasteiger partial charge in [-0.05, 0) is 61.9 Å². The Labute approximate surface area is 188 Å². The van der Waals surface area contributed by atoms with E-state index in [1.54, 1.807) is 49.1 Å². The Kier molecular flexibility index (Phi) is 5.46. The van der Waals surface area contributed by atoms with E-state index < -0.39 is 17.6 Å². The van der Waals surface area contributed by atoms with Crippen LogP contribution in [0.1, 0.15) is 32.7 Å². The van der Waals surface area contributed by atoms with Crippen LogP contribution in [0, 0.1) is 25.2 Å². The lowest BCUT2D eigenvalue weighted by Crippen LogP contribution is -2.45. The number of carbonyl (C=O) groups is 1. The van der Waals surface area contributed by atoms with E-state index in [2.05, 4.69) is 11.1 Å². The summed E-state index contributed by atoms with van der Waals surface area (Å²) in [5, 5.41) is 9.19. The fourth-order valence-electron chi connectivity index (χ4n) is 3.89. The molecule has 0 spiro atoms. The lowest BCUT2D eigenvalue weighted by molar-refractivity contribution is -0.137. The highest BCUT2D eigenvalue weighted by atomic mass is 19.4. The maximum Gasteiger partial charge on any atom is 0.416 e. The number of nitriles is 1. The number of rotatable bonds is 3. The molecule has 0 unspecified atom stereocenters. The molecule has 0 saturated carbocycles. The van der Waals surface area contributed by atoms with Crippen molar-refractivity contribution < 1.29 is 22.7 Å². The first-order valence-corrected chi connectivity index (χ1v) is 9.97. The zero-order chi connectivity index (χ0) is 23.9. The number of hydrogen-bond donors (Lipinski definition) is 0. The zero-order valence-corrected chi connectivity index (χ0v) is 18.1. The highest BCUT2D eigenvalue weighted by Crippen LogP contribution is 2.41.